The van der Waals surface area contributed by atoms with Crippen LogP contribution in [0.15, 0.2) is 12.1 Å². The molecule has 2 unspecified atom stereocenters. The summed E-state index contributed by atoms with van der Waals surface area (Å²) in [5.41, 5.74) is -1.47. The SMILES string of the molecule is CCC(C)NCC(=O)Nc1cc(C(F)(F)F)cc(NC(=O)CNC(C)CC)c1Cl. The van der Waals surface area contributed by atoms with Crippen LogP contribution in [0.3, 0.4) is 0 Å². The fourth-order valence-corrected chi connectivity index (χ4v) is 2.38. The second-order valence-corrected chi connectivity index (χ2v) is 7.24. The van der Waals surface area contributed by atoms with Crippen molar-refractivity contribution in [2.45, 2.75) is 58.8 Å². The molecule has 0 fully saturated rings. The molecule has 0 bridgehead atoms. The second-order valence-electron chi connectivity index (χ2n) is 6.86. The molecular weight excluding hydrogens is 409 g/mol. The van der Waals surface area contributed by atoms with Crippen molar-refractivity contribution in [3.05, 3.63) is 22.7 Å². The normalized spacial score (nSPS) is 13.7. The third-order valence-corrected chi connectivity index (χ3v) is 4.80. The van der Waals surface area contributed by atoms with Crippen LogP contribution in [-0.4, -0.2) is 37.0 Å². The van der Waals surface area contributed by atoms with Crippen LogP contribution in [0.25, 0.3) is 0 Å². The highest BCUT2D eigenvalue weighted by Crippen LogP contribution is 2.38. The molecule has 164 valence electrons. The molecule has 0 aliphatic carbocycles. The summed E-state index contributed by atoms with van der Waals surface area (Å²) in [6.07, 6.45) is -3.09. The lowest BCUT2D eigenvalue weighted by atomic mass is 10.1. The van der Waals surface area contributed by atoms with E-state index in [0.29, 0.717) is 0 Å². The Morgan fingerprint density at radius 2 is 1.31 bits per heavy atom. The fraction of sp³-hybridized carbons (Fsp3) is 0.579. The van der Waals surface area contributed by atoms with Gasteiger partial charge in [-0.3, -0.25) is 9.59 Å². The molecule has 1 rings (SSSR count). The number of amides is 2. The lowest BCUT2D eigenvalue weighted by Crippen LogP contribution is -2.34. The van der Waals surface area contributed by atoms with Crippen LogP contribution in [0.2, 0.25) is 5.02 Å². The van der Waals surface area contributed by atoms with E-state index in [1.807, 2.05) is 27.7 Å². The van der Waals surface area contributed by atoms with Gasteiger partial charge in [-0.05, 0) is 38.8 Å². The third-order valence-electron chi connectivity index (χ3n) is 4.40. The number of anilines is 2. The molecule has 29 heavy (non-hydrogen) atoms. The lowest BCUT2D eigenvalue weighted by Gasteiger charge is -2.17. The number of alkyl halides is 3. The van der Waals surface area contributed by atoms with Crippen LogP contribution < -0.4 is 21.3 Å². The maximum absolute atomic E-state index is 13.3. The smallest absolute Gasteiger partial charge is 0.324 e. The van der Waals surface area contributed by atoms with Gasteiger partial charge in [0.15, 0.2) is 0 Å². The number of nitrogens with one attached hydrogen (secondary N) is 4. The van der Waals surface area contributed by atoms with E-state index < -0.39 is 23.6 Å². The Labute approximate surface area is 173 Å². The first-order valence-electron chi connectivity index (χ1n) is 9.45. The van der Waals surface area contributed by atoms with Crippen molar-refractivity contribution in [3.8, 4) is 0 Å². The van der Waals surface area contributed by atoms with Crippen molar-refractivity contribution >= 4 is 34.8 Å². The van der Waals surface area contributed by atoms with Crippen LogP contribution >= 0.6 is 11.6 Å². The zero-order valence-electron chi connectivity index (χ0n) is 17.0. The van der Waals surface area contributed by atoms with Crippen LogP contribution in [0.4, 0.5) is 24.5 Å². The highest BCUT2D eigenvalue weighted by atomic mass is 35.5. The summed E-state index contributed by atoms with van der Waals surface area (Å²) < 4.78 is 39.8. The summed E-state index contributed by atoms with van der Waals surface area (Å²) in [6.45, 7) is 7.47. The van der Waals surface area contributed by atoms with Gasteiger partial charge in [-0.2, -0.15) is 13.2 Å². The van der Waals surface area contributed by atoms with Crippen molar-refractivity contribution in [2.75, 3.05) is 23.7 Å². The molecule has 1 aromatic rings. The van der Waals surface area contributed by atoms with E-state index >= 15 is 0 Å². The summed E-state index contributed by atoms with van der Waals surface area (Å²) in [5, 5.41) is 10.5. The Morgan fingerprint density at radius 3 is 1.62 bits per heavy atom. The standard InChI is InChI=1S/C19H28ClF3N4O2/c1-5-11(3)24-9-16(28)26-14-7-13(19(21,22)23)8-15(18(14)20)27-17(29)10-25-12(4)6-2/h7-8,11-12,24-25H,5-6,9-10H2,1-4H3,(H,26,28)(H,27,29). The molecule has 10 heteroatoms. The number of halogens is 4. The Kier molecular flexibility index (Phi) is 9.88. The van der Waals surface area contributed by atoms with E-state index in [1.54, 1.807) is 0 Å². The van der Waals surface area contributed by atoms with Gasteiger partial charge in [0.25, 0.3) is 0 Å². The molecule has 4 N–H and O–H groups in total. The van der Waals surface area contributed by atoms with Crippen molar-refractivity contribution in [1.82, 2.24) is 10.6 Å². The maximum Gasteiger partial charge on any atom is 0.416 e. The number of hydrogen-bond donors (Lipinski definition) is 4. The summed E-state index contributed by atoms with van der Waals surface area (Å²) in [5.74, 6) is -1.08. The molecule has 2 atom stereocenters. The van der Waals surface area contributed by atoms with Gasteiger partial charge in [-0.1, -0.05) is 25.4 Å². The third kappa shape index (κ3) is 8.59. The van der Waals surface area contributed by atoms with E-state index in [-0.39, 0.29) is 41.6 Å². The Bertz CT molecular complexity index is 664. The van der Waals surface area contributed by atoms with Crippen molar-refractivity contribution in [3.63, 3.8) is 0 Å². The minimum Gasteiger partial charge on any atom is -0.324 e. The van der Waals surface area contributed by atoms with Gasteiger partial charge < -0.3 is 21.3 Å². The highest BCUT2D eigenvalue weighted by molar-refractivity contribution is 6.37. The Morgan fingerprint density at radius 1 is 0.931 bits per heavy atom. The van der Waals surface area contributed by atoms with Crippen LogP contribution in [-0.2, 0) is 15.8 Å². The first kappa shape index (κ1) is 25.2. The van der Waals surface area contributed by atoms with Gasteiger partial charge in [0.05, 0.1) is 35.1 Å². The van der Waals surface area contributed by atoms with Crippen LogP contribution in [0.1, 0.15) is 46.1 Å². The first-order chi connectivity index (χ1) is 13.5. The van der Waals surface area contributed by atoms with Crippen molar-refractivity contribution < 1.29 is 22.8 Å². The van der Waals surface area contributed by atoms with Gasteiger partial charge in [0, 0.05) is 12.1 Å². The van der Waals surface area contributed by atoms with Gasteiger partial charge in [0.2, 0.25) is 11.8 Å². The van der Waals surface area contributed by atoms with E-state index in [2.05, 4.69) is 21.3 Å². The molecular formula is C19H28ClF3N4O2. The van der Waals surface area contributed by atoms with Crippen molar-refractivity contribution in [1.29, 1.82) is 0 Å². The largest absolute Gasteiger partial charge is 0.416 e. The molecule has 0 saturated carbocycles. The van der Waals surface area contributed by atoms with E-state index in [9.17, 15) is 22.8 Å². The Balaban J connectivity index is 3.03. The van der Waals surface area contributed by atoms with Gasteiger partial charge in [0.1, 0.15) is 0 Å². The Hall–Kier alpha value is -1.84. The number of carbonyl (C=O) groups excluding carboxylic acids is 2. The summed E-state index contributed by atoms with van der Waals surface area (Å²) >= 11 is 6.16. The molecule has 2 amide bonds. The first-order valence-corrected chi connectivity index (χ1v) is 9.82. The zero-order chi connectivity index (χ0) is 22.2. The van der Waals surface area contributed by atoms with Gasteiger partial charge in [-0.15, -0.1) is 0 Å². The van der Waals surface area contributed by atoms with E-state index in [0.717, 1.165) is 25.0 Å². The molecule has 0 saturated heterocycles. The quantitative estimate of drug-likeness (QED) is 0.446. The molecule has 0 aliphatic heterocycles. The van der Waals surface area contributed by atoms with E-state index in [1.165, 1.54) is 0 Å². The minimum absolute atomic E-state index is 0.0746. The second kappa shape index (κ2) is 11.4. The average molecular weight is 437 g/mol. The molecule has 1 aromatic carbocycles. The predicted molar refractivity (Wildman–Crippen MR) is 109 cm³/mol. The number of rotatable bonds is 10. The predicted octanol–water partition coefficient (Wildman–Crippen LogP) is 4.01. The molecule has 0 radical (unpaired) electrons. The van der Waals surface area contributed by atoms with E-state index in [4.69, 9.17) is 11.6 Å². The molecule has 6 nitrogen and oxygen atoms in total. The van der Waals surface area contributed by atoms with Crippen LogP contribution in [0, 0.1) is 0 Å². The molecule has 0 spiro atoms. The van der Waals surface area contributed by atoms with Gasteiger partial charge >= 0.3 is 6.18 Å². The van der Waals surface area contributed by atoms with Gasteiger partial charge in [-0.25, -0.2) is 0 Å². The monoisotopic (exact) mass is 436 g/mol. The number of benzene rings is 1. The zero-order valence-corrected chi connectivity index (χ0v) is 17.7. The minimum atomic E-state index is -4.67. The fourth-order valence-electron chi connectivity index (χ4n) is 2.18. The van der Waals surface area contributed by atoms with Crippen molar-refractivity contribution in [2.24, 2.45) is 0 Å². The molecule has 0 aromatic heterocycles. The summed E-state index contributed by atoms with van der Waals surface area (Å²) in [6, 6.07) is 1.64. The topological polar surface area (TPSA) is 82.3 Å². The number of hydrogen-bond acceptors (Lipinski definition) is 4. The average Bonchev–Trinajstić information content (AvgIpc) is 2.66. The highest BCUT2D eigenvalue weighted by Gasteiger charge is 2.32. The van der Waals surface area contributed by atoms with Crippen LogP contribution in [0.5, 0.6) is 0 Å². The maximum atomic E-state index is 13.3. The number of carbonyl (C=O) groups is 2. The molecule has 0 heterocycles. The summed E-state index contributed by atoms with van der Waals surface area (Å²) in [7, 11) is 0. The summed E-state index contributed by atoms with van der Waals surface area (Å²) in [4.78, 5) is 24.2. The molecule has 0 aliphatic rings. The lowest BCUT2D eigenvalue weighted by molar-refractivity contribution is -0.137.